The van der Waals surface area contributed by atoms with Gasteiger partial charge in [-0.1, -0.05) is 6.07 Å². The van der Waals surface area contributed by atoms with Gasteiger partial charge in [0.05, 0.1) is 0 Å². The molecular formula is C16H19F2N5O. The number of carbonyl (C=O) groups is 1. The van der Waals surface area contributed by atoms with Crippen molar-refractivity contribution in [3.8, 4) is 0 Å². The maximum absolute atomic E-state index is 13.5. The van der Waals surface area contributed by atoms with Crippen LogP contribution >= 0.6 is 0 Å². The number of carbonyl (C=O) groups excluding carboxylic acids is 1. The molecule has 1 atom stereocenters. The van der Waals surface area contributed by atoms with Crippen molar-refractivity contribution in [2.75, 3.05) is 20.6 Å². The number of hydrogen-bond donors (Lipinski definition) is 0. The van der Waals surface area contributed by atoms with Crippen molar-refractivity contribution in [2.24, 2.45) is 0 Å². The van der Waals surface area contributed by atoms with Gasteiger partial charge in [-0.15, -0.1) is 10.2 Å². The SMILES string of the molecule is Cc1nnc2n1CCN(Cc1ccc(F)c(F)c1)C2C(=O)N(C)C. The van der Waals surface area contributed by atoms with Crippen molar-refractivity contribution in [3.05, 3.63) is 47.0 Å². The number of likely N-dealkylation sites (N-methyl/N-ethyl adjacent to an activating group) is 1. The van der Waals surface area contributed by atoms with Gasteiger partial charge in [-0.25, -0.2) is 8.78 Å². The third-order valence-electron chi connectivity index (χ3n) is 4.23. The number of halogens is 2. The van der Waals surface area contributed by atoms with Gasteiger partial charge in [-0.3, -0.25) is 9.69 Å². The molecule has 0 saturated heterocycles. The van der Waals surface area contributed by atoms with Crippen molar-refractivity contribution >= 4 is 5.91 Å². The summed E-state index contributed by atoms with van der Waals surface area (Å²) in [6.07, 6.45) is 0. The van der Waals surface area contributed by atoms with E-state index >= 15 is 0 Å². The van der Waals surface area contributed by atoms with E-state index < -0.39 is 17.7 Å². The predicted molar refractivity (Wildman–Crippen MR) is 83.0 cm³/mol. The summed E-state index contributed by atoms with van der Waals surface area (Å²) in [4.78, 5) is 16.1. The molecule has 1 unspecified atom stereocenters. The first-order chi connectivity index (χ1) is 11.4. The van der Waals surface area contributed by atoms with Crippen LogP contribution in [0.3, 0.4) is 0 Å². The van der Waals surface area contributed by atoms with Gasteiger partial charge in [0.25, 0.3) is 0 Å². The summed E-state index contributed by atoms with van der Waals surface area (Å²) >= 11 is 0. The molecule has 0 spiro atoms. The minimum Gasteiger partial charge on any atom is -0.347 e. The molecule has 0 fully saturated rings. The predicted octanol–water partition coefficient (Wildman–Crippen LogP) is 1.51. The quantitative estimate of drug-likeness (QED) is 0.853. The fourth-order valence-corrected chi connectivity index (χ4v) is 2.95. The van der Waals surface area contributed by atoms with E-state index in [2.05, 4.69) is 10.2 Å². The van der Waals surface area contributed by atoms with Crippen LogP contribution in [0.15, 0.2) is 18.2 Å². The van der Waals surface area contributed by atoms with Crippen LogP contribution in [0.5, 0.6) is 0 Å². The molecule has 2 aromatic rings. The number of nitrogens with zero attached hydrogens (tertiary/aromatic N) is 5. The molecule has 3 rings (SSSR count). The van der Waals surface area contributed by atoms with Crippen LogP contribution in [0.2, 0.25) is 0 Å². The van der Waals surface area contributed by atoms with Crippen LogP contribution in [0.1, 0.15) is 23.3 Å². The van der Waals surface area contributed by atoms with Gasteiger partial charge in [0, 0.05) is 33.7 Å². The first-order valence-corrected chi connectivity index (χ1v) is 7.67. The normalized spacial score (nSPS) is 17.6. The smallest absolute Gasteiger partial charge is 0.247 e. The van der Waals surface area contributed by atoms with Gasteiger partial charge in [-0.05, 0) is 24.6 Å². The van der Waals surface area contributed by atoms with E-state index in [-0.39, 0.29) is 5.91 Å². The summed E-state index contributed by atoms with van der Waals surface area (Å²) in [6.45, 7) is 3.41. The monoisotopic (exact) mass is 335 g/mol. The second-order valence-electron chi connectivity index (χ2n) is 6.11. The Morgan fingerprint density at radius 2 is 2.00 bits per heavy atom. The van der Waals surface area contributed by atoms with E-state index in [4.69, 9.17) is 0 Å². The van der Waals surface area contributed by atoms with Crippen LogP contribution in [0.25, 0.3) is 0 Å². The molecule has 2 heterocycles. The highest BCUT2D eigenvalue weighted by molar-refractivity contribution is 5.82. The van der Waals surface area contributed by atoms with Crippen LogP contribution in [0, 0.1) is 18.6 Å². The lowest BCUT2D eigenvalue weighted by molar-refractivity contribution is -0.136. The molecule has 6 nitrogen and oxygen atoms in total. The molecule has 0 bridgehead atoms. The molecule has 1 amide bonds. The van der Waals surface area contributed by atoms with E-state index in [1.54, 1.807) is 14.1 Å². The average Bonchev–Trinajstić information content (AvgIpc) is 2.91. The molecule has 24 heavy (non-hydrogen) atoms. The van der Waals surface area contributed by atoms with Gasteiger partial charge in [0.1, 0.15) is 5.82 Å². The van der Waals surface area contributed by atoms with Crippen molar-refractivity contribution in [2.45, 2.75) is 26.1 Å². The van der Waals surface area contributed by atoms with Crippen molar-refractivity contribution in [1.82, 2.24) is 24.6 Å². The van der Waals surface area contributed by atoms with Crippen LogP contribution in [-0.2, 0) is 17.9 Å². The summed E-state index contributed by atoms with van der Waals surface area (Å²) in [5.74, 6) is -0.548. The molecule has 0 aliphatic carbocycles. The fraction of sp³-hybridized carbons (Fsp3) is 0.438. The minimum absolute atomic E-state index is 0.120. The Hall–Kier alpha value is -2.35. The van der Waals surface area contributed by atoms with Gasteiger partial charge >= 0.3 is 0 Å². The molecule has 1 aromatic heterocycles. The highest BCUT2D eigenvalue weighted by atomic mass is 19.2. The van der Waals surface area contributed by atoms with Crippen LogP contribution in [0.4, 0.5) is 8.78 Å². The first kappa shape index (κ1) is 16.5. The van der Waals surface area contributed by atoms with Crippen LogP contribution in [-0.4, -0.2) is 51.1 Å². The zero-order chi connectivity index (χ0) is 17.4. The second-order valence-corrected chi connectivity index (χ2v) is 6.11. The number of amides is 1. The highest BCUT2D eigenvalue weighted by Gasteiger charge is 2.37. The Morgan fingerprint density at radius 1 is 1.25 bits per heavy atom. The van der Waals surface area contributed by atoms with E-state index in [0.717, 1.165) is 18.0 Å². The van der Waals surface area contributed by atoms with Gasteiger partial charge in [-0.2, -0.15) is 0 Å². The number of hydrogen-bond acceptors (Lipinski definition) is 4. The average molecular weight is 335 g/mol. The largest absolute Gasteiger partial charge is 0.347 e. The molecule has 8 heteroatoms. The van der Waals surface area contributed by atoms with E-state index in [0.29, 0.717) is 31.0 Å². The maximum Gasteiger partial charge on any atom is 0.247 e. The third kappa shape index (κ3) is 2.89. The number of fused-ring (bicyclic) bond motifs is 1. The molecule has 0 saturated carbocycles. The molecule has 128 valence electrons. The Morgan fingerprint density at radius 3 is 2.67 bits per heavy atom. The zero-order valence-electron chi connectivity index (χ0n) is 13.8. The summed E-state index contributed by atoms with van der Waals surface area (Å²) in [5, 5.41) is 8.22. The molecule has 1 aliphatic heterocycles. The van der Waals surface area contributed by atoms with Crippen molar-refractivity contribution in [3.63, 3.8) is 0 Å². The van der Waals surface area contributed by atoms with Gasteiger partial charge in [0.2, 0.25) is 5.91 Å². The number of aromatic nitrogens is 3. The topological polar surface area (TPSA) is 54.3 Å². The Balaban J connectivity index is 1.93. The van der Waals surface area contributed by atoms with Crippen LogP contribution < -0.4 is 0 Å². The number of benzene rings is 1. The maximum atomic E-state index is 13.5. The second kappa shape index (κ2) is 6.27. The summed E-state index contributed by atoms with van der Waals surface area (Å²) in [6, 6.07) is 3.20. The van der Waals surface area contributed by atoms with Crippen molar-refractivity contribution in [1.29, 1.82) is 0 Å². The highest BCUT2D eigenvalue weighted by Crippen LogP contribution is 2.28. The Labute approximate surface area is 138 Å². The number of aryl methyl sites for hydroxylation is 1. The van der Waals surface area contributed by atoms with E-state index in [1.807, 2.05) is 16.4 Å². The Kier molecular flexibility index (Phi) is 4.31. The fourth-order valence-electron chi connectivity index (χ4n) is 2.95. The third-order valence-corrected chi connectivity index (χ3v) is 4.23. The lowest BCUT2D eigenvalue weighted by Gasteiger charge is -2.36. The zero-order valence-corrected chi connectivity index (χ0v) is 13.8. The molecule has 1 aromatic carbocycles. The lowest BCUT2D eigenvalue weighted by atomic mass is 10.1. The first-order valence-electron chi connectivity index (χ1n) is 7.67. The summed E-state index contributed by atoms with van der Waals surface area (Å²) in [5.41, 5.74) is 0.607. The van der Waals surface area contributed by atoms with Gasteiger partial charge in [0.15, 0.2) is 23.5 Å². The standard InChI is InChI=1S/C16H19F2N5O/c1-10-19-20-15-14(16(24)21(2)3)22(6-7-23(10)15)9-11-4-5-12(17)13(18)8-11/h4-5,8,14H,6-7,9H2,1-3H3. The lowest BCUT2D eigenvalue weighted by Crippen LogP contribution is -2.45. The van der Waals surface area contributed by atoms with Gasteiger partial charge < -0.3 is 9.47 Å². The molecule has 1 aliphatic rings. The van der Waals surface area contributed by atoms with E-state index in [9.17, 15) is 13.6 Å². The molecule has 0 radical (unpaired) electrons. The number of rotatable bonds is 3. The van der Waals surface area contributed by atoms with Crippen molar-refractivity contribution < 1.29 is 13.6 Å². The molecule has 0 N–H and O–H groups in total. The minimum atomic E-state index is -0.890. The molecular weight excluding hydrogens is 316 g/mol. The Bertz CT molecular complexity index is 774. The summed E-state index contributed by atoms with van der Waals surface area (Å²) < 4.78 is 28.5. The summed E-state index contributed by atoms with van der Waals surface area (Å²) in [7, 11) is 3.36. The van der Waals surface area contributed by atoms with E-state index in [1.165, 1.54) is 11.0 Å².